The van der Waals surface area contributed by atoms with Crippen LogP contribution in [0.2, 0.25) is 5.02 Å². The minimum absolute atomic E-state index is 0.0195. The number of ether oxygens (including phenoxy) is 2. The van der Waals surface area contributed by atoms with E-state index in [4.69, 9.17) is 33.3 Å². The van der Waals surface area contributed by atoms with Gasteiger partial charge in [0.2, 0.25) is 0 Å². The molecule has 1 fully saturated rings. The molecule has 0 atom stereocenters. The predicted octanol–water partition coefficient (Wildman–Crippen LogP) is 5.06. The van der Waals surface area contributed by atoms with E-state index in [1.807, 2.05) is 6.92 Å². The van der Waals surface area contributed by atoms with Gasteiger partial charge in [0.05, 0.1) is 22.0 Å². The van der Waals surface area contributed by atoms with Gasteiger partial charge in [0.1, 0.15) is 10.9 Å². The zero-order chi connectivity index (χ0) is 21.8. The van der Waals surface area contributed by atoms with E-state index in [2.05, 4.69) is 0 Å². The number of nitro benzene ring substituents is 1. The second-order valence-corrected chi connectivity index (χ2v) is 8.26. The van der Waals surface area contributed by atoms with Crippen molar-refractivity contribution in [1.29, 1.82) is 0 Å². The van der Waals surface area contributed by atoms with Crippen molar-refractivity contribution in [2.45, 2.75) is 13.5 Å². The fourth-order valence-electron chi connectivity index (χ4n) is 2.80. The first-order valence-electron chi connectivity index (χ1n) is 8.83. The molecule has 0 spiro atoms. The van der Waals surface area contributed by atoms with E-state index in [0.29, 0.717) is 38.4 Å². The summed E-state index contributed by atoms with van der Waals surface area (Å²) in [5.41, 5.74) is 1.26. The van der Waals surface area contributed by atoms with Crippen LogP contribution in [0.5, 0.6) is 11.5 Å². The maximum absolute atomic E-state index is 12.4. The molecule has 0 aromatic heterocycles. The average Bonchev–Trinajstić information content (AvgIpc) is 2.99. The number of hydrogen-bond donors (Lipinski definition) is 0. The normalized spacial score (nSPS) is 15.0. The summed E-state index contributed by atoms with van der Waals surface area (Å²) in [5.74, 6) is 0.544. The number of benzene rings is 2. The molecular formula is C20H17ClN2O5S2. The van der Waals surface area contributed by atoms with Crippen molar-refractivity contribution < 1.29 is 19.2 Å². The molecule has 1 aliphatic heterocycles. The summed E-state index contributed by atoms with van der Waals surface area (Å²) in [6.07, 6.45) is 1.70. The Morgan fingerprint density at radius 2 is 2.10 bits per heavy atom. The fraction of sp³-hybridized carbons (Fsp3) is 0.200. The molecule has 0 saturated carbocycles. The number of rotatable bonds is 7. The molecule has 1 amide bonds. The van der Waals surface area contributed by atoms with Crippen LogP contribution < -0.4 is 9.47 Å². The average molecular weight is 465 g/mol. The molecule has 0 radical (unpaired) electrons. The third kappa shape index (κ3) is 4.75. The number of amides is 1. The number of methoxy groups -OCH3 is 1. The van der Waals surface area contributed by atoms with Gasteiger partial charge in [0, 0.05) is 18.7 Å². The second kappa shape index (κ2) is 9.46. The first-order valence-corrected chi connectivity index (χ1v) is 10.4. The van der Waals surface area contributed by atoms with Crippen molar-refractivity contribution in [1.82, 2.24) is 4.90 Å². The number of likely N-dealkylation sites (N-methyl/N-ethyl adjacent to an activating group) is 1. The highest BCUT2D eigenvalue weighted by Gasteiger charge is 2.30. The summed E-state index contributed by atoms with van der Waals surface area (Å²) in [6, 6.07) is 9.51. The highest BCUT2D eigenvalue weighted by atomic mass is 35.5. The van der Waals surface area contributed by atoms with Crippen molar-refractivity contribution in [3.8, 4) is 11.5 Å². The molecule has 10 heteroatoms. The summed E-state index contributed by atoms with van der Waals surface area (Å²) < 4.78 is 11.7. The van der Waals surface area contributed by atoms with E-state index in [0.717, 1.165) is 0 Å². The van der Waals surface area contributed by atoms with E-state index in [1.165, 1.54) is 35.9 Å². The highest BCUT2D eigenvalue weighted by Crippen LogP contribution is 2.39. The SMILES string of the molecule is CCN1C(=O)/C(=C/c2cc(Cl)c(OCc3cccc([N+](=O)[O-])c3)c(OC)c2)SC1=S. The van der Waals surface area contributed by atoms with Crippen molar-refractivity contribution in [2.24, 2.45) is 0 Å². The molecule has 1 aliphatic rings. The van der Waals surface area contributed by atoms with E-state index in [1.54, 1.807) is 30.3 Å². The number of thiocarbonyl (C=S) groups is 1. The molecule has 1 saturated heterocycles. The fourth-order valence-corrected chi connectivity index (χ4v) is 4.46. The Hall–Kier alpha value is -2.62. The Kier molecular flexibility index (Phi) is 6.96. The zero-order valence-corrected chi connectivity index (χ0v) is 18.5. The Balaban J connectivity index is 1.84. The van der Waals surface area contributed by atoms with Gasteiger partial charge in [-0.1, -0.05) is 47.7 Å². The summed E-state index contributed by atoms with van der Waals surface area (Å²) in [6.45, 7) is 2.45. The summed E-state index contributed by atoms with van der Waals surface area (Å²) >= 11 is 12.9. The number of thioether (sulfide) groups is 1. The maximum Gasteiger partial charge on any atom is 0.269 e. The van der Waals surface area contributed by atoms with Gasteiger partial charge in [0.15, 0.2) is 11.5 Å². The number of non-ortho nitro benzene ring substituents is 1. The largest absolute Gasteiger partial charge is 0.493 e. The van der Waals surface area contributed by atoms with Gasteiger partial charge in [-0.25, -0.2) is 0 Å². The molecule has 1 heterocycles. The summed E-state index contributed by atoms with van der Waals surface area (Å²) in [5, 5.41) is 11.2. The number of nitrogens with zero attached hydrogens (tertiary/aromatic N) is 2. The van der Waals surface area contributed by atoms with Crippen molar-refractivity contribution in [3.05, 3.63) is 67.6 Å². The van der Waals surface area contributed by atoms with Crippen LogP contribution in [0.15, 0.2) is 41.3 Å². The Morgan fingerprint density at radius 3 is 2.73 bits per heavy atom. The number of halogens is 1. The van der Waals surface area contributed by atoms with Gasteiger partial charge < -0.3 is 9.47 Å². The summed E-state index contributed by atoms with van der Waals surface area (Å²) in [7, 11) is 1.48. The van der Waals surface area contributed by atoms with Crippen LogP contribution in [0, 0.1) is 10.1 Å². The minimum Gasteiger partial charge on any atom is -0.493 e. The van der Waals surface area contributed by atoms with Crippen LogP contribution in [0.25, 0.3) is 6.08 Å². The van der Waals surface area contributed by atoms with Gasteiger partial charge in [-0.05, 0) is 36.3 Å². The molecule has 2 aromatic carbocycles. The number of hydrogen-bond acceptors (Lipinski definition) is 7. The Labute approximate surface area is 187 Å². The van der Waals surface area contributed by atoms with E-state index < -0.39 is 4.92 Å². The van der Waals surface area contributed by atoms with Crippen molar-refractivity contribution in [2.75, 3.05) is 13.7 Å². The van der Waals surface area contributed by atoms with Gasteiger partial charge >= 0.3 is 0 Å². The van der Waals surface area contributed by atoms with Crippen LogP contribution in [-0.2, 0) is 11.4 Å². The molecule has 0 unspecified atom stereocenters. The molecule has 0 bridgehead atoms. The Bertz CT molecular complexity index is 1060. The molecule has 30 heavy (non-hydrogen) atoms. The molecular weight excluding hydrogens is 448 g/mol. The number of nitro groups is 1. The maximum atomic E-state index is 12.4. The summed E-state index contributed by atoms with van der Waals surface area (Å²) in [4.78, 5) is 24.9. The van der Waals surface area contributed by atoms with E-state index in [9.17, 15) is 14.9 Å². The first-order chi connectivity index (χ1) is 14.3. The van der Waals surface area contributed by atoms with Crippen LogP contribution in [0.1, 0.15) is 18.1 Å². The van der Waals surface area contributed by atoms with Gasteiger partial charge in [-0.15, -0.1) is 0 Å². The third-order valence-electron chi connectivity index (χ3n) is 4.24. The molecule has 2 aromatic rings. The minimum atomic E-state index is -0.465. The lowest BCUT2D eigenvalue weighted by atomic mass is 10.1. The predicted molar refractivity (Wildman–Crippen MR) is 121 cm³/mol. The monoisotopic (exact) mass is 464 g/mol. The highest BCUT2D eigenvalue weighted by molar-refractivity contribution is 8.26. The van der Waals surface area contributed by atoms with Gasteiger partial charge in [-0.2, -0.15) is 0 Å². The van der Waals surface area contributed by atoms with E-state index in [-0.39, 0.29) is 23.2 Å². The van der Waals surface area contributed by atoms with Crippen LogP contribution in [-0.4, -0.2) is 33.7 Å². The molecule has 7 nitrogen and oxygen atoms in total. The van der Waals surface area contributed by atoms with Gasteiger partial charge in [-0.3, -0.25) is 19.8 Å². The van der Waals surface area contributed by atoms with Crippen LogP contribution in [0.4, 0.5) is 5.69 Å². The van der Waals surface area contributed by atoms with Crippen molar-refractivity contribution in [3.63, 3.8) is 0 Å². The standard InChI is InChI=1S/C20H17ClN2O5S2/c1-3-22-19(24)17(30-20(22)29)10-13-8-15(21)18(16(9-13)27-2)28-11-12-5-4-6-14(7-12)23(25)26/h4-10H,3,11H2,1-2H3/b17-10-. The Morgan fingerprint density at radius 1 is 1.33 bits per heavy atom. The second-order valence-electron chi connectivity index (χ2n) is 6.18. The lowest BCUT2D eigenvalue weighted by Gasteiger charge is -2.13. The number of carbonyl (C=O) groups is 1. The molecule has 156 valence electrons. The van der Waals surface area contributed by atoms with Crippen LogP contribution in [0.3, 0.4) is 0 Å². The first kappa shape index (κ1) is 22.1. The number of carbonyl (C=O) groups excluding carboxylic acids is 1. The smallest absolute Gasteiger partial charge is 0.269 e. The van der Waals surface area contributed by atoms with Crippen LogP contribution >= 0.6 is 35.6 Å². The van der Waals surface area contributed by atoms with E-state index >= 15 is 0 Å². The lowest BCUT2D eigenvalue weighted by molar-refractivity contribution is -0.384. The molecule has 0 aliphatic carbocycles. The molecule has 0 N–H and O–H groups in total. The lowest BCUT2D eigenvalue weighted by Crippen LogP contribution is -2.27. The zero-order valence-electron chi connectivity index (χ0n) is 16.1. The van der Waals surface area contributed by atoms with Crippen molar-refractivity contribution >= 4 is 57.6 Å². The quantitative estimate of drug-likeness (QED) is 0.245. The topological polar surface area (TPSA) is 81.9 Å². The molecule has 3 rings (SSSR count). The van der Waals surface area contributed by atoms with Gasteiger partial charge in [0.25, 0.3) is 11.6 Å². The third-order valence-corrected chi connectivity index (χ3v) is 5.90.